The molecule has 1 aliphatic heterocycles. The van der Waals surface area contributed by atoms with Gasteiger partial charge in [-0.3, -0.25) is 4.90 Å². The van der Waals surface area contributed by atoms with Crippen molar-refractivity contribution < 1.29 is 35.3 Å². The fraction of sp³-hybridized carbons (Fsp3) is 0.368. The van der Waals surface area contributed by atoms with Crippen molar-refractivity contribution in [3.8, 4) is 0 Å². The molecule has 36 heavy (non-hydrogen) atoms. The molecule has 0 spiro atoms. The molecule has 194 valence electrons. The van der Waals surface area contributed by atoms with Crippen LogP contribution >= 0.6 is 11.6 Å². The molecule has 2 amide bonds. The number of rotatable bonds is 2. The van der Waals surface area contributed by atoms with Gasteiger partial charge in [0, 0.05) is 46.6 Å². The van der Waals surface area contributed by atoms with Gasteiger partial charge in [0.1, 0.15) is 11.1 Å². The number of nitrogens with one attached hydrogen (secondary N) is 1. The number of anilines is 2. The maximum Gasteiger partial charge on any atom is 0.433 e. The average Bonchev–Trinajstić information content (AvgIpc) is 3.22. The zero-order valence-corrected chi connectivity index (χ0v) is 20.1. The second-order valence-corrected chi connectivity index (χ2v) is 11.4. The summed E-state index contributed by atoms with van der Waals surface area (Å²) in [5.41, 5.74) is -5.20. The number of aromatic nitrogens is 4. The molecule has 0 aliphatic carbocycles. The molecule has 0 aromatic carbocycles. The van der Waals surface area contributed by atoms with Crippen LogP contribution in [0.3, 0.4) is 0 Å². The van der Waals surface area contributed by atoms with Gasteiger partial charge >= 0.3 is 18.4 Å². The Balaban J connectivity index is 1.80. The van der Waals surface area contributed by atoms with Gasteiger partial charge in [-0.1, -0.05) is 11.6 Å². The zero-order chi connectivity index (χ0) is 26.8. The van der Waals surface area contributed by atoms with Gasteiger partial charge in [-0.15, -0.1) is 0 Å². The van der Waals surface area contributed by atoms with Crippen LogP contribution in [0.2, 0.25) is 5.15 Å². The molecule has 4 heterocycles. The highest BCUT2D eigenvalue weighted by Gasteiger charge is 2.60. The van der Waals surface area contributed by atoms with Crippen molar-refractivity contribution in [3.63, 3.8) is 0 Å². The summed E-state index contributed by atoms with van der Waals surface area (Å²) < 4.78 is 99.1. The van der Waals surface area contributed by atoms with Crippen molar-refractivity contribution in [2.45, 2.75) is 24.7 Å². The van der Waals surface area contributed by atoms with Crippen LogP contribution in [0.15, 0.2) is 28.8 Å². The maximum absolute atomic E-state index is 14.2. The normalized spacial score (nSPS) is 18.4. The third-order valence-corrected chi connectivity index (χ3v) is 6.07. The highest BCUT2D eigenvalue weighted by atomic mass is 35.5. The highest BCUT2D eigenvalue weighted by Crippen LogP contribution is 2.50. The van der Waals surface area contributed by atoms with Gasteiger partial charge in [-0.2, -0.15) is 35.8 Å². The van der Waals surface area contributed by atoms with Gasteiger partial charge in [0.05, 0.1) is 17.6 Å². The summed E-state index contributed by atoms with van der Waals surface area (Å²) in [6.45, 7) is -0.0550. The van der Waals surface area contributed by atoms with E-state index in [2.05, 4.69) is 24.7 Å². The molecular formula is C19H16ClF6N7O2S. The predicted octanol–water partition coefficient (Wildman–Crippen LogP) is 5.03. The molecule has 17 heteroatoms. The van der Waals surface area contributed by atoms with Gasteiger partial charge in [0.2, 0.25) is 0 Å². The highest BCUT2D eigenvalue weighted by molar-refractivity contribution is 7.92. The van der Waals surface area contributed by atoms with Crippen molar-refractivity contribution in [2.24, 2.45) is 4.36 Å². The smallest absolute Gasteiger partial charge is 0.307 e. The second kappa shape index (κ2) is 8.19. The summed E-state index contributed by atoms with van der Waals surface area (Å²) in [6, 6.07) is 1.47. The monoisotopic (exact) mass is 555 g/mol. The average molecular weight is 556 g/mol. The number of nitrogens with zero attached hydrogens (tertiary/aromatic N) is 6. The fourth-order valence-electron chi connectivity index (χ4n) is 3.69. The molecule has 4 rings (SSSR count). The Bertz CT molecular complexity index is 1500. The SMILES string of the molecule is C[C@@]1(C(F)(F)F)CN(C(=O)Nc2cc(N=S(C)(C)=O)nc(C(F)(F)F)c2)c2cnc3cc(Cl)nn3c21. The fourth-order valence-corrected chi connectivity index (χ4v) is 4.41. The number of alkyl halides is 6. The van der Waals surface area contributed by atoms with Gasteiger partial charge < -0.3 is 5.32 Å². The number of urea groups is 1. The van der Waals surface area contributed by atoms with E-state index >= 15 is 0 Å². The van der Waals surface area contributed by atoms with E-state index < -0.39 is 63.0 Å². The number of amides is 2. The van der Waals surface area contributed by atoms with Gasteiger partial charge in [0.15, 0.2) is 16.6 Å². The number of carbonyl (C=O) groups is 1. The number of carbonyl (C=O) groups excluding carboxylic acids is 1. The number of halogens is 7. The first-order valence-corrected chi connectivity index (χ1v) is 12.6. The minimum Gasteiger partial charge on any atom is -0.307 e. The summed E-state index contributed by atoms with van der Waals surface area (Å²) in [5, 5.41) is 5.87. The molecule has 3 aromatic rings. The first-order chi connectivity index (χ1) is 16.4. The Kier molecular flexibility index (Phi) is 5.90. The van der Waals surface area contributed by atoms with E-state index in [1.807, 2.05) is 0 Å². The molecule has 1 atom stereocenters. The zero-order valence-electron chi connectivity index (χ0n) is 18.6. The van der Waals surface area contributed by atoms with Crippen molar-refractivity contribution in [1.29, 1.82) is 0 Å². The topological polar surface area (TPSA) is 105 Å². The molecule has 9 nitrogen and oxygen atoms in total. The van der Waals surface area contributed by atoms with Crippen molar-refractivity contribution >= 4 is 50.2 Å². The van der Waals surface area contributed by atoms with E-state index in [1.54, 1.807) is 0 Å². The quantitative estimate of drug-likeness (QED) is 0.447. The van der Waals surface area contributed by atoms with Crippen LogP contribution in [0, 0.1) is 0 Å². The number of hydrogen-bond donors (Lipinski definition) is 1. The molecule has 0 radical (unpaired) electrons. The Hall–Kier alpha value is -3.14. The lowest BCUT2D eigenvalue weighted by Crippen LogP contribution is -2.46. The van der Waals surface area contributed by atoms with Gasteiger partial charge in [0.25, 0.3) is 0 Å². The Morgan fingerprint density at radius 1 is 1.19 bits per heavy atom. The van der Waals surface area contributed by atoms with Crippen LogP contribution in [-0.4, -0.2) is 55.1 Å². The molecule has 0 bridgehead atoms. The largest absolute Gasteiger partial charge is 0.433 e. The summed E-state index contributed by atoms with van der Waals surface area (Å²) in [5.74, 6) is -0.577. The molecule has 1 aliphatic rings. The van der Waals surface area contributed by atoms with E-state index in [0.29, 0.717) is 11.0 Å². The Morgan fingerprint density at radius 3 is 2.44 bits per heavy atom. The number of hydrogen-bond acceptors (Lipinski definition) is 6. The third-order valence-electron chi connectivity index (χ3n) is 5.26. The van der Waals surface area contributed by atoms with Crippen LogP contribution in [-0.2, 0) is 21.3 Å². The van der Waals surface area contributed by atoms with Gasteiger partial charge in [-0.05, 0) is 13.0 Å². The number of fused-ring (bicyclic) bond motifs is 3. The van der Waals surface area contributed by atoms with Crippen LogP contribution in [0.25, 0.3) is 5.65 Å². The van der Waals surface area contributed by atoms with Crippen LogP contribution in [0.4, 0.5) is 48.3 Å². The van der Waals surface area contributed by atoms with Gasteiger partial charge in [-0.25, -0.2) is 23.5 Å². The van der Waals surface area contributed by atoms with E-state index in [-0.39, 0.29) is 16.5 Å². The van der Waals surface area contributed by atoms with E-state index in [1.165, 1.54) is 18.6 Å². The van der Waals surface area contributed by atoms with E-state index in [0.717, 1.165) is 23.7 Å². The lowest BCUT2D eigenvalue weighted by molar-refractivity contribution is -0.181. The summed E-state index contributed by atoms with van der Waals surface area (Å²) in [6.07, 6.45) is -6.43. The molecule has 0 saturated carbocycles. The van der Waals surface area contributed by atoms with E-state index in [9.17, 15) is 35.3 Å². The minimum absolute atomic E-state index is 0.00872. The third kappa shape index (κ3) is 4.66. The molecule has 0 unspecified atom stereocenters. The molecule has 3 aromatic heterocycles. The van der Waals surface area contributed by atoms with Crippen LogP contribution < -0.4 is 10.2 Å². The maximum atomic E-state index is 14.2. The lowest BCUT2D eigenvalue weighted by atomic mass is 9.88. The van der Waals surface area contributed by atoms with E-state index in [4.69, 9.17) is 11.6 Å². The Morgan fingerprint density at radius 2 is 1.86 bits per heavy atom. The first-order valence-electron chi connectivity index (χ1n) is 9.85. The molecule has 1 N–H and O–H groups in total. The second-order valence-electron chi connectivity index (χ2n) is 8.44. The summed E-state index contributed by atoms with van der Waals surface area (Å²) >= 11 is 5.84. The number of pyridine rings is 1. The molecular weight excluding hydrogens is 540 g/mol. The lowest BCUT2D eigenvalue weighted by Gasteiger charge is -2.28. The van der Waals surface area contributed by atoms with Crippen LogP contribution in [0.5, 0.6) is 0 Å². The van der Waals surface area contributed by atoms with Crippen LogP contribution in [0.1, 0.15) is 18.3 Å². The molecule has 0 fully saturated rings. The summed E-state index contributed by atoms with van der Waals surface area (Å²) in [4.78, 5) is 21.0. The Labute approximate surface area is 204 Å². The van der Waals surface area contributed by atoms with Crippen molar-refractivity contribution in [2.75, 3.05) is 29.3 Å². The van der Waals surface area contributed by atoms with Crippen molar-refractivity contribution in [3.05, 3.63) is 40.9 Å². The minimum atomic E-state index is -4.95. The van der Waals surface area contributed by atoms with Crippen molar-refractivity contribution in [1.82, 2.24) is 19.6 Å². The first kappa shape index (κ1) is 25.9. The summed E-state index contributed by atoms with van der Waals surface area (Å²) in [7, 11) is -2.92. The predicted molar refractivity (Wildman–Crippen MR) is 119 cm³/mol. The standard InChI is InChI=1S/C19H16ClF6N7O2S/c1-17(19(24,25)26)8-32(10-7-27-14-6-12(20)30-33(14)15(10)17)16(34)28-9-4-11(18(21,22)23)29-13(5-9)31-36(2,3)35/h4-7H,8H2,1-3H3,(H,28,29,34)/t17-/m1/s1. The molecule has 0 saturated heterocycles.